The first-order valence-electron chi connectivity index (χ1n) is 4.78. The first-order chi connectivity index (χ1) is 5.38. The second-order valence-electron chi connectivity index (χ2n) is 4.20. The van der Waals surface area contributed by atoms with Crippen molar-refractivity contribution in [1.29, 1.82) is 5.26 Å². The van der Waals surface area contributed by atoms with Crippen molar-refractivity contribution in [3.05, 3.63) is 0 Å². The quantitative estimate of drug-likeness (QED) is 0.519. The van der Waals surface area contributed by atoms with Crippen LogP contribution < -0.4 is 0 Å². The summed E-state index contributed by atoms with van der Waals surface area (Å²) in [5, 5.41) is 8.80. The molecule has 0 aromatic carbocycles. The van der Waals surface area contributed by atoms with Crippen LogP contribution >= 0.6 is 0 Å². The lowest BCUT2D eigenvalue weighted by atomic mass is 9.68. The fraction of sp³-hybridized carbons (Fsp3) is 0.900. The molecule has 2 fully saturated rings. The smallest absolute Gasteiger partial charge is 0.0655 e. The Balaban J connectivity index is 2.01. The molecule has 2 saturated carbocycles. The minimum Gasteiger partial charge on any atom is -0.198 e. The third kappa shape index (κ3) is 1.40. The minimum absolute atomic E-state index is 0.402. The van der Waals surface area contributed by atoms with Crippen LogP contribution in [0.15, 0.2) is 0 Å². The molecule has 0 heterocycles. The summed E-state index contributed by atoms with van der Waals surface area (Å²) in [6.07, 6.45) is 8.05. The predicted molar refractivity (Wildman–Crippen MR) is 43.8 cm³/mol. The van der Waals surface area contributed by atoms with Gasteiger partial charge in [0.2, 0.25) is 0 Å². The highest BCUT2D eigenvalue weighted by atomic mass is 14.4. The molecular weight excluding hydrogens is 134 g/mol. The van der Waals surface area contributed by atoms with Crippen LogP contribution in [0.4, 0.5) is 0 Å². The van der Waals surface area contributed by atoms with Crippen LogP contribution in [0.25, 0.3) is 0 Å². The number of hydrogen-bond donors (Lipinski definition) is 0. The van der Waals surface area contributed by atoms with Gasteiger partial charge in [0, 0.05) is 5.92 Å². The van der Waals surface area contributed by atoms with Gasteiger partial charge in [-0.15, -0.1) is 0 Å². The highest BCUT2D eigenvalue weighted by Gasteiger charge is 2.31. The zero-order valence-corrected chi connectivity index (χ0v) is 6.92. The molecule has 2 bridgehead atoms. The van der Waals surface area contributed by atoms with E-state index in [-0.39, 0.29) is 0 Å². The average Bonchev–Trinajstić information content (AvgIpc) is 2.03. The van der Waals surface area contributed by atoms with Crippen molar-refractivity contribution in [3.63, 3.8) is 0 Å². The molecule has 0 aromatic heterocycles. The van der Waals surface area contributed by atoms with E-state index in [1.807, 2.05) is 0 Å². The first-order valence-corrected chi connectivity index (χ1v) is 4.78. The fourth-order valence-electron chi connectivity index (χ4n) is 2.84. The molecule has 1 heteroatoms. The summed E-state index contributed by atoms with van der Waals surface area (Å²) in [6, 6.07) is 2.43. The monoisotopic (exact) mass is 149 g/mol. The third-order valence-corrected chi connectivity index (χ3v) is 3.31. The van der Waals surface area contributed by atoms with Gasteiger partial charge in [0.15, 0.2) is 0 Å². The Morgan fingerprint density at radius 2 is 1.64 bits per heavy atom. The summed E-state index contributed by atoms with van der Waals surface area (Å²) in [4.78, 5) is 0. The van der Waals surface area contributed by atoms with Gasteiger partial charge in [0.1, 0.15) is 0 Å². The second kappa shape index (κ2) is 2.85. The molecule has 0 saturated heterocycles. The molecule has 0 spiro atoms. The van der Waals surface area contributed by atoms with Gasteiger partial charge >= 0.3 is 0 Å². The van der Waals surface area contributed by atoms with Crippen molar-refractivity contribution < 1.29 is 0 Å². The van der Waals surface area contributed by atoms with Crippen LogP contribution in [-0.2, 0) is 0 Å². The Bertz CT molecular complexity index is 168. The number of nitrogens with zero attached hydrogens (tertiary/aromatic N) is 1. The van der Waals surface area contributed by atoms with Crippen molar-refractivity contribution in [1.82, 2.24) is 0 Å². The molecule has 0 aliphatic heterocycles. The maximum atomic E-state index is 8.80. The van der Waals surface area contributed by atoms with E-state index in [1.54, 1.807) is 0 Å². The summed E-state index contributed by atoms with van der Waals surface area (Å²) < 4.78 is 0. The van der Waals surface area contributed by atoms with Gasteiger partial charge in [-0.05, 0) is 31.1 Å². The molecule has 2 aliphatic rings. The van der Waals surface area contributed by atoms with Crippen LogP contribution in [0, 0.1) is 29.1 Å². The van der Waals surface area contributed by atoms with Crippen molar-refractivity contribution >= 4 is 0 Å². The number of rotatable bonds is 0. The third-order valence-electron chi connectivity index (χ3n) is 3.31. The number of hydrogen-bond acceptors (Lipinski definition) is 1. The van der Waals surface area contributed by atoms with Gasteiger partial charge < -0.3 is 0 Å². The van der Waals surface area contributed by atoms with Crippen molar-refractivity contribution in [2.45, 2.75) is 38.5 Å². The Hall–Kier alpha value is -0.510. The molecule has 2 rings (SSSR count). The van der Waals surface area contributed by atoms with Crippen molar-refractivity contribution in [2.24, 2.45) is 17.8 Å². The van der Waals surface area contributed by atoms with E-state index in [4.69, 9.17) is 5.26 Å². The van der Waals surface area contributed by atoms with Crippen LogP contribution in [0.5, 0.6) is 0 Å². The Morgan fingerprint density at radius 1 is 1.00 bits per heavy atom. The van der Waals surface area contributed by atoms with Crippen LogP contribution in [0.2, 0.25) is 0 Å². The summed E-state index contributed by atoms with van der Waals surface area (Å²) in [5.74, 6) is 2.22. The maximum Gasteiger partial charge on any atom is 0.0655 e. The van der Waals surface area contributed by atoms with Gasteiger partial charge in [0.25, 0.3) is 0 Å². The lowest BCUT2D eigenvalue weighted by Crippen LogP contribution is -2.25. The Kier molecular flexibility index (Phi) is 1.85. The van der Waals surface area contributed by atoms with Crippen LogP contribution in [0.3, 0.4) is 0 Å². The standard InChI is InChI=1S/C10H15N/c11-7-10-5-8-2-1-3-9(4-8)6-10/h8-10H,1-6H2/t8-,9+,10?. The van der Waals surface area contributed by atoms with E-state index in [9.17, 15) is 0 Å². The normalized spacial score (nSPS) is 43.0. The minimum atomic E-state index is 0.402. The van der Waals surface area contributed by atoms with Crippen LogP contribution in [0.1, 0.15) is 38.5 Å². The largest absolute Gasteiger partial charge is 0.198 e. The second-order valence-corrected chi connectivity index (χ2v) is 4.20. The lowest BCUT2D eigenvalue weighted by Gasteiger charge is -2.36. The van der Waals surface area contributed by atoms with Gasteiger partial charge in [-0.1, -0.05) is 19.3 Å². The maximum absolute atomic E-state index is 8.80. The van der Waals surface area contributed by atoms with E-state index in [2.05, 4.69) is 6.07 Å². The van der Waals surface area contributed by atoms with Gasteiger partial charge in [-0.2, -0.15) is 5.26 Å². The van der Waals surface area contributed by atoms with Crippen molar-refractivity contribution in [3.8, 4) is 6.07 Å². The van der Waals surface area contributed by atoms with E-state index in [0.29, 0.717) is 5.92 Å². The SMILES string of the molecule is N#CC1C[C@H]2CCC[C@@H](C1)C2. The molecule has 1 unspecified atom stereocenters. The average molecular weight is 149 g/mol. The molecule has 0 amide bonds. The molecule has 0 radical (unpaired) electrons. The molecule has 3 atom stereocenters. The lowest BCUT2D eigenvalue weighted by molar-refractivity contribution is 0.161. The van der Waals surface area contributed by atoms with Crippen molar-refractivity contribution in [2.75, 3.05) is 0 Å². The summed E-state index contributed by atoms with van der Waals surface area (Å²) in [6.45, 7) is 0. The molecule has 0 aromatic rings. The summed E-state index contributed by atoms with van der Waals surface area (Å²) in [7, 11) is 0. The summed E-state index contributed by atoms with van der Waals surface area (Å²) >= 11 is 0. The highest BCUT2D eigenvalue weighted by molar-refractivity contribution is 4.92. The highest BCUT2D eigenvalue weighted by Crippen LogP contribution is 2.41. The van der Waals surface area contributed by atoms with E-state index in [1.165, 1.54) is 38.5 Å². The number of fused-ring (bicyclic) bond motifs is 2. The zero-order valence-electron chi connectivity index (χ0n) is 6.92. The van der Waals surface area contributed by atoms with Gasteiger partial charge in [0.05, 0.1) is 6.07 Å². The Labute approximate surface area is 68.4 Å². The fourth-order valence-corrected chi connectivity index (χ4v) is 2.84. The zero-order chi connectivity index (χ0) is 7.68. The first kappa shape index (κ1) is 7.16. The molecule has 2 aliphatic carbocycles. The molecule has 1 nitrogen and oxygen atoms in total. The van der Waals surface area contributed by atoms with Gasteiger partial charge in [-0.25, -0.2) is 0 Å². The van der Waals surface area contributed by atoms with E-state index in [0.717, 1.165) is 11.8 Å². The molecular formula is C10H15N. The molecule has 11 heavy (non-hydrogen) atoms. The number of nitriles is 1. The Morgan fingerprint density at radius 3 is 2.18 bits per heavy atom. The van der Waals surface area contributed by atoms with E-state index >= 15 is 0 Å². The summed E-state index contributed by atoms with van der Waals surface area (Å²) in [5.41, 5.74) is 0. The molecule has 0 N–H and O–H groups in total. The topological polar surface area (TPSA) is 23.8 Å². The molecule has 60 valence electrons. The van der Waals surface area contributed by atoms with Crippen LogP contribution in [-0.4, -0.2) is 0 Å². The van der Waals surface area contributed by atoms with E-state index < -0.39 is 0 Å². The predicted octanol–water partition coefficient (Wildman–Crippen LogP) is 2.73. The van der Waals surface area contributed by atoms with Gasteiger partial charge in [-0.3, -0.25) is 0 Å².